The second-order valence-corrected chi connectivity index (χ2v) is 7.76. The molecule has 4 nitrogen and oxygen atoms in total. The topological polar surface area (TPSA) is 41.6 Å². The van der Waals surface area contributed by atoms with Crippen LogP contribution >= 0.6 is 39.7 Å². The van der Waals surface area contributed by atoms with E-state index < -0.39 is 0 Å². The van der Waals surface area contributed by atoms with Crippen LogP contribution in [0.3, 0.4) is 0 Å². The van der Waals surface area contributed by atoms with Gasteiger partial charge in [0.25, 0.3) is 5.91 Å². The van der Waals surface area contributed by atoms with E-state index in [1.807, 2.05) is 37.3 Å². The molecule has 1 heterocycles. The Balaban J connectivity index is 1.70. The molecule has 0 radical (unpaired) electrons. The Morgan fingerprint density at radius 2 is 2.00 bits per heavy atom. The van der Waals surface area contributed by atoms with E-state index in [1.54, 1.807) is 23.1 Å². The van der Waals surface area contributed by atoms with Gasteiger partial charge < -0.3 is 10.1 Å². The van der Waals surface area contributed by atoms with Crippen molar-refractivity contribution in [1.82, 2.24) is 10.2 Å². The molecule has 1 aliphatic rings. The lowest BCUT2D eigenvalue weighted by Gasteiger charge is -2.11. The maximum absolute atomic E-state index is 12.4. The molecule has 0 saturated carbocycles. The fourth-order valence-corrected chi connectivity index (χ4v) is 3.42. The number of benzene rings is 2. The molecule has 1 N–H and O–H groups in total. The number of rotatable bonds is 6. The highest BCUT2D eigenvalue weighted by Crippen LogP contribution is 2.28. The van der Waals surface area contributed by atoms with Gasteiger partial charge in [0.05, 0.1) is 5.02 Å². The first-order valence-electron chi connectivity index (χ1n) is 8.49. The predicted octanol–water partition coefficient (Wildman–Crippen LogP) is 5.15. The summed E-state index contributed by atoms with van der Waals surface area (Å²) in [4.78, 5) is 14.0. The number of halogens is 2. The van der Waals surface area contributed by atoms with E-state index in [1.165, 1.54) is 0 Å². The average molecular weight is 466 g/mol. The van der Waals surface area contributed by atoms with Gasteiger partial charge in [-0.25, -0.2) is 0 Å². The Hall–Kier alpha value is -1.89. The van der Waals surface area contributed by atoms with Crippen molar-refractivity contribution >= 4 is 56.8 Å². The molecule has 0 spiro atoms. The molecule has 3 rings (SSSR count). The van der Waals surface area contributed by atoms with Crippen molar-refractivity contribution in [3.63, 3.8) is 0 Å². The molecule has 1 saturated heterocycles. The summed E-state index contributed by atoms with van der Waals surface area (Å²) in [5, 5.41) is 3.89. The van der Waals surface area contributed by atoms with Crippen LogP contribution in [-0.2, 0) is 11.4 Å². The van der Waals surface area contributed by atoms with Gasteiger partial charge in [-0.1, -0.05) is 52.7 Å². The number of nitrogens with one attached hydrogen (secondary N) is 1. The zero-order chi connectivity index (χ0) is 19.4. The third kappa shape index (κ3) is 4.89. The number of hydrogen-bond acceptors (Lipinski definition) is 3. The smallest absolute Gasteiger partial charge is 0.276 e. The largest absolute Gasteiger partial charge is 0.487 e. The van der Waals surface area contributed by atoms with E-state index in [4.69, 9.17) is 28.6 Å². The summed E-state index contributed by atoms with van der Waals surface area (Å²) >= 11 is 15.0. The minimum atomic E-state index is -0.117. The molecule has 140 valence electrons. The van der Waals surface area contributed by atoms with Crippen LogP contribution in [0.2, 0.25) is 5.02 Å². The van der Waals surface area contributed by atoms with E-state index >= 15 is 0 Å². The molecule has 1 amide bonds. The molecule has 0 aromatic heterocycles. The molecular weight excluding hydrogens is 448 g/mol. The highest BCUT2D eigenvalue weighted by molar-refractivity contribution is 9.10. The van der Waals surface area contributed by atoms with Gasteiger partial charge in [-0.05, 0) is 60.1 Å². The molecule has 2 aromatic carbocycles. The van der Waals surface area contributed by atoms with Crippen LogP contribution in [0.5, 0.6) is 5.75 Å². The van der Waals surface area contributed by atoms with Crippen LogP contribution in [-0.4, -0.2) is 22.5 Å². The van der Waals surface area contributed by atoms with Crippen LogP contribution < -0.4 is 10.1 Å². The first kappa shape index (κ1) is 19.9. The van der Waals surface area contributed by atoms with Crippen LogP contribution in [0.25, 0.3) is 6.08 Å². The predicted molar refractivity (Wildman–Crippen MR) is 116 cm³/mol. The SMILES string of the molecule is CCCN1C(=O)/C(=C/c2ccc(OCc3ccc(Br)cc3)c(Cl)c2)NC1=S. The third-order valence-electron chi connectivity index (χ3n) is 3.98. The molecule has 1 fully saturated rings. The minimum Gasteiger partial charge on any atom is -0.487 e. The van der Waals surface area contributed by atoms with Crippen molar-refractivity contribution in [1.29, 1.82) is 0 Å². The van der Waals surface area contributed by atoms with Crippen molar-refractivity contribution in [2.45, 2.75) is 20.0 Å². The number of hydrogen-bond donors (Lipinski definition) is 1. The maximum atomic E-state index is 12.4. The van der Waals surface area contributed by atoms with Gasteiger partial charge in [-0.2, -0.15) is 0 Å². The van der Waals surface area contributed by atoms with Gasteiger partial charge in [0.15, 0.2) is 5.11 Å². The van der Waals surface area contributed by atoms with Gasteiger partial charge in [-0.15, -0.1) is 0 Å². The van der Waals surface area contributed by atoms with Crippen molar-refractivity contribution in [3.8, 4) is 5.75 Å². The minimum absolute atomic E-state index is 0.117. The first-order chi connectivity index (χ1) is 13.0. The fourth-order valence-electron chi connectivity index (χ4n) is 2.63. The first-order valence-corrected chi connectivity index (χ1v) is 10.1. The van der Waals surface area contributed by atoms with E-state index in [9.17, 15) is 4.79 Å². The van der Waals surface area contributed by atoms with E-state index in [2.05, 4.69) is 21.2 Å². The van der Waals surface area contributed by atoms with Gasteiger partial charge >= 0.3 is 0 Å². The Labute approximate surface area is 177 Å². The van der Waals surface area contributed by atoms with Crippen LogP contribution in [0.4, 0.5) is 0 Å². The number of ether oxygens (including phenoxy) is 1. The fraction of sp³-hybridized carbons (Fsp3) is 0.200. The summed E-state index contributed by atoms with van der Waals surface area (Å²) in [6.45, 7) is 3.03. The van der Waals surface area contributed by atoms with Crippen molar-refractivity contribution < 1.29 is 9.53 Å². The molecule has 2 aromatic rings. The number of nitrogens with zero attached hydrogens (tertiary/aromatic N) is 1. The number of carbonyl (C=O) groups is 1. The second kappa shape index (κ2) is 8.87. The molecule has 0 unspecified atom stereocenters. The molecule has 7 heteroatoms. The highest BCUT2D eigenvalue weighted by Gasteiger charge is 2.29. The lowest BCUT2D eigenvalue weighted by molar-refractivity contribution is -0.122. The average Bonchev–Trinajstić information content (AvgIpc) is 2.90. The lowest BCUT2D eigenvalue weighted by atomic mass is 10.1. The highest BCUT2D eigenvalue weighted by atomic mass is 79.9. The molecule has 0 bridgehead atoms. The van der Waals surface area contributed by atoms with Crippen LogP contribution in [0.1, 0.15) is 24.5 Å². The van der Waals surface area contributed by atoms with Crippen LogP contribution in [0, 0.1) is 0 Å². The Morgan fingerprint density at radius 3 is 2.67 bits per heavy atom. The zero-order valence-corrected chi connectivity index (χ0v) is 17.8. The monoisotopic (exact) mass is 464 g/mol. The standard InChI is InChI=1S/C20H18BrClN2O2S/c1-2-9-24-19(25)17(23-20(24)27)11-14-5-8-18(16(22)10-14)26-12-13-3-6-15(21)7-4-13/h3-8,10-11H,2,9,12H2,1H3,(H,23,27)/b17-11-. The summed E-state index contributed by atoms with van der Waals surface area (Å²) in [6.07, 6.45) is 2.59. The molecule has 27 heavy (non-hydrogen) atoms. The Kier molecular flexibility index (Phi) is 6.52. The second-order valence-electron chi connectivity index (χ2n) is 6.05. The summed E-state index contributed by atoms with van der Waals surface area (Å²) in [6, 6.07) is 13.3. The van der Waals surface area contributed by atoms with Gasteiger partial charge in [0, 0.05) is 11.0 Å². The lowest BCUT2D eigenvalue weighted by Crippen LogP contribution is -2.31. The van der Waals surface area contributed by atoms with Crippen molar-refractivity contribution in [3.05, 3.63) is 68.8 Å². The summed E-state index contributed by atoms with van der Waals surface area (Å²) < 4.78 is 6.82. The Morgan fingerprint density at radius 1 is 1.26 bits per heavy atom. The van der Waals surface area contributed by atoms with Crippen molar-refractivity contribution in [2.75, 3.05) is 6.54 Å². The van der Waals surface area contributed by atoms with E-state index in [-0.39, 0.29) is 5.91 Å². The number of carbonyl (C=O) groups excluding carboxylic acids is 1. The summed E-state index contributed by atoms with van der Waals surface area (Å²) in [5.41, 5.74) is 2.30. The maximum Gasteiger partial charge on any atom is 0.276 e. The third-order valence-corrected chi connectivity index (χ3v) is 5.13. The molecule has 1 aliphatic heterocycles. The van der Waals surface area contributed by atoms with Gasteiger partial charge in [-0.3, -0.25) is 9.69 Å². The normalized spacial score (nSPS) is 15.4. The zero-order valence-electron chi connectivity index (χ0n) is 14.7. The molecular formula is C20H18BrClN2O2S. The summed E-state index contributed by atoms with van der Waals surface area (Å²) in [7, 11) is 0. The van der Waals surface area contributed by atoms with Gasteiger partial charge in [0.2, 0.25) is 0 Å². The van der Waals surface area contributed by atoms with Crippen LogP contribution in [0.15, 0.2) is 52.6 Å². The molecule has 0 atom stereocenters. The number of thiocarbonyl (C=S) groups is 1. The quantitative estimate of drug-likeness (QED) is 0.473. The van der Waals surface area contributed by atoms with E-state index in [0.29, 0.717) is 34.7 Å². The van der Waals surface area contributed by atoms with Gasteiger partial charge in [0.1, 0.15) is 18.1 Å². The number of amides is 1. The van der Waals surface area contributed by atoms with E-state index in [0.717, 1.165) is 22.0 Å². The Bertz CT molecular complexity index is 899. The van der Waals surface area contributed by atoms with Crippen molar-refractivity contribution in [2.24, 2.45) is 0 Å². The molecule has 0 aliphatic carbocycles. The summed E-state index contributed by atoms with van der Waals surface area (Å²) in [5.74, 6) is 0.476.